The number of carbonyl (C=O) groups excluding carboxylic acids is 2. The second-order valence-corrected chi connectivity index (χ2v) is 3.67. The van der Waals surface area contributed by atoms with Gasteiger partial charge in [-0.3, -0.25) is 0 Å². The number of hydrogen-bond acceptors (Lipinski definition) is 6. The molecule has 0 N–H and O–H groups in total. The highest BCUT2D eigenvalue weighted by Crippen LogP contribution is 2.23. The van der Waals surface area contributed by atoms with Gasteiger partial charge in [-0.2, -0.15) is 4.99 Å². The van der Waals surface area contributed by atoms with Crippen molar-refractivity contribution in [3.8, 4) is 11.6 Å². The van der Waals surface area contributed by atoms with Gasteiger partial charge in [-0.25, -0.2) is 14.6 Å². The van der Waals surface area contributed by atoms with Gasteiger partial charge in [-0.15, -0.1) is 0 Å². The van der Waals surface area contributed by atoms with E-state index in [1.165, 1.54) is 31.5 Å². The SMILES string of the molecule is COC(=O)c1ccnc(Oc2ccc(N=C=O)cc2)c1. The van der Waals surface area contributed by atoms with Crippen molar-refractivity contribution >= 4 is 17.7 Å². The van der Waals surface area contributed by atoms with Crippen LogP contribution in [0.2, 0.25) is 0 Å². The lowest BCUT2D eigenvalue weighted by molar-refractivity contribution is 0.0600. The Morgan fingerprint density at radius 3 is 2.65 bits per heavy atom. The molecule has 0 spiro atoms. The van der Waals surface area contributed by atoms with Crippen LogP contribution >= 0.6 is 0 Å². The summed E-state index contributed by atoms with van der Waals surface area (Å²) in [5.74, 6) is 0.303. The molecule has 6 heteroatoms. The molecular weight excluding hydrogens is 260 g/mol. The van der Waals surface area contributed by atoms with Crippen molar-refractivity contribution in [2.45, 2.75) is 0 Å². The zero-order valence-electron chi connectivity index (χ0n) is 10.6. The van der Waals surface area contributed by atoms with E-state index in [4.69, 9.17) is 4.74 Å². The van der Waals surface area contributed by atoms with Gasteiger partial charge in [-0.1, -0.05) is 0 Å². The third kappa shape index (κ3) is 3.28. The Morgan fingerprint density at radius 1 is 1.25 bits per heavy atom. The Balaban J connectivity index is 2.17. The Labute approximate surface area is 114 Å². The maximum atomic E-state index is 11.4. The van der Waals surface area contributed by atoms with Crippen LogP contribution in [0.3, 0.4) is 0 Å². The topological polar surface area (TPSA) is 77.8 Å². The second-order valence-electron chi connectivity index (χ2n) is 3.67. The van der Waals surface area contributed by atoms with Crippen LogP contribution < -0.4 is 4.74 Å². The highest BCUT2D eigenvalue weighted by atomic mass is 16.5. The van der Waals surface area contributed by atoms with Crippen molar-refractivity contribution in [1.82, 2.24) is 4.98 Å². The molecule has 0 saturated heterocycles. The van der Waals surface area contributed by atoms with E-state index in [0.29, 0.717) is 17.0 Å². The third-order valence-corrected chi connectivity index (χ3v) is 2.39. The largest absolute Gasteiger partial charge is 0.465 e. The number of aromatic nitrogens is 1. The van der Waals surface area contributed by atoms with Crippen LogP contribution in [-0.4, -0.2) is 24.1 Å². The molecule has 0 atom stereocenters. The molecule has 1 aromatic carbocycles. The fourth-order valence-electron chi connectivity index (χ4n) is 1.47. The van der Waals surface area contributed by atoms with Crippen LogP contribution in [0, 0.1) is 0 Å². The molecule has 0 aliphatic heterocycles. The standard InChI is InChI=1S/C14H10N2O4/c1-19-14(18)10-6-7-15-13(8-10)20-12-4-2-11(3-5-12)16-9-17/h2-8H,1H3. The lowest BCUT2D eigenvalue weighted by atomic mass is 10.2. The van der Waals surface area contributed by atoms with Gasteiger partial charge in [0.05, 0.1) is 18.4 Å². The smallest absolute Gasteiger partial charge is 0.338 e. The number of rotatable bonds is 4. The summed E-state index contributed by atoms with van der Waals surface area (Å²) in [7, 11) is 1.30. The number of nitrogens with zero attached hydrogens (tertiary/aromatic N) is 2. The van der Waals surface area contributed by atoms with Gasteiger partial charge in [0.1, 0.15) is 5.75 Å². The first kappa shape index (κ1) is 13.5. The predicted molar refractivity (Wildman–Crippen MR) is 69.9 cm³/mol. The molecule has 2 rings (SSSR count). The first-order valence-corrected chi connectivity index (χ1v) is 5.63. The Morgan fingerprint density at radius 2 is 2.00 bits per heavy atom. The van der Waals surface area contributed by atoms with Crippen LogP contribution in [0.25, 0.3) is 0 Å². The first-order valence-electron chi connectivity index (χ1n) is 5.63. The van der Waals surface area contributed by atoms with Crippen molar-refractivity contribution in [2.24, 2.45) is 4.99 Å². The van der Waals surface area contributed by atoms with Gasteiger partial charge < -0.3 is 9.47 Å². The molecule has 0 saturated carbocycles. The van der Waals surface area contributed by atoms with Gasteiger partial charge in [-0.05, 0) is 30.3 Å². The Bertz CT molecular complexity index is 661. The molecule has 0 aliphatic rings. The lowest BCUT2D eigenvalue weighted by Crippen LogP contribution is -2.01. The molecule has 20 heavy (non-hydrogen) atoms. The van der Waals surface area contributed by atoms with E-state index in [-0.39, 0.29) is 5.88 Å². The van der Waals surface area contributed by atoms with E-state index >= 15 is 0 Å². The zero-order chi connectivity index (χ0) is 14.4. The lowest BCUT2D eigenvalue weighted by Gasteiger charge is -2.05. The molecule has 0 bridgehead atoms. The maximum absolute atomic E-state index is 11.4. The summed E-state index contributed by atoms with van der Waals surface area (Å²) in [5, 5.41) is 0. The van der Waals surface area contributed by atoms with Crippen LogP contribution in [0.5, 0.6) is 11.6 Å². The number of methoxy groups -OCH3 is 1. The number of ether oxygens (including phenoxy) is 2. The average Bonchev–Trinajstić information content (AvgIpc) is 2.49. The fraction of sp³-hybridized carbons (Fsp3) is 0.0714. The van der Waals surface area contributed by atoms with Crippen LogP contribution in [0.4, 0.5) is 5.69 Å². The summed E-state index contributed by atoms with van der Waals surface area (Å²) >= 11 is 0. The number of hydrogen-bond donors (Lipinski definition) is 0. The molecule has 1 aromatic heterocycles. The maximum Gasteiger partial charge on any atom is 0.338 e. The Kier molecular flexibility index (Phi) is 4.21. The number of carbonyl (C=O) groups is 1. The minimum absolute atomic E-state index is 0.263. The second kappa shape index (κ2) is 6.26. The summed E-state index contributed by atoms with van der Waals surface area (Å²) in [6.07, 6.45) is 2.90. The van der Waals surface area contributed by atoms with Crippen LogP contribution in [0.1, 0.15) is 10.4 Å². The van der Waals surface area contributed by atoms with Crippen molar-refractivity contribution in [3.63, 3.8) is 0 Å². The molecule has 0 unspecified atom stereocenters. The van der Waals surface area contributed by atoms with Gasteiger partial charge in [0, 0.05) is 12.3 Å². The van der Waals surface area contributed by atoms with E-state index in [0.717, 1.165) is 0 Å². The number of aliphatic imine (C=N–C) groups is 1. The zero-order valence-corrected chi connectivity index (χ0v) is 10.6. The molecule has 6 nitrogen and oxygen atoms in total. The summed E-state index contributed by atoms with van der Waals surface area (Å²) < 4.78 is 10.1. The summed E-state index contributed by atoms with van der Waals surface area (Å²) in [6.45, 7) is 0. The number of esters is 1. The van der Waals surface area contributed by atoms with Crippen LogP contribution in [-0.2, 0) is 9.53 Å². The highest BCUT2D eigenvalue weighted by Gasteiger charge is 2.07. The Hall–Kier alpha value is -2.98. The number of pyridine rings is 1. The first-order chi connectivity index (χ1) is 9.72. The molecule has 100 valence electrons. The minimum atomic E-state index is -0.465. The van der Waals surface area contributed by atoms with E-state index in [1.807, 2.05) is 0 Å². The van der Waals surface area contributed by atoms with E-state index in [1.54, 1.807) is 24.3 Å². The van der Waals surface area contributed by atoms with Crippen molar-refractivity contribution in [2.75, 3.05) is 7.11 Å². The van der Waals surface area contributed by atoms with Gasteiger partial charge in [0.25, 0.3) is 0 Å². The number of benzene rings is 1. The average molecular weight is 270 g/mol. The summed E-state index contributed by atoms with van der Waals surface area (Å²) in [6, 6.07) is 9.46. The van der Waals surface area contributed by atoms with Crippen molar-refractivity contribution in [1.29, 1.82) is 0 Å². The minimum Gasteiger partial charge on any atom is -0.465 e. The predicted octanol–water partition coefficient (Wildman–Crippen LogP) is 2.63. The third-order valence-electron chi connectivity index (χ3n) is 2.39. The molecule has 0 radical (unpaired) electrons. The summed E-state index contributed by atoms with van der Waals surface area (Å²) in [5.41, 5.74) is 0.822. The monoisotopic (exact) mass is 270 g/mol. The normalized spacial score (nSPS) is 9.45. The van der Waals surface area contributed by atoms with E-state index < -0.39 is 5.97 Å². The van der Waals surface area contributed by atoms with Crippen LogP contribution in [0.15, 0.2) is 47.6 Å². The van der Waals surface area contributed by atoms with Crippen molar-refractivity contribution < 1.29 is 19.1 Å². The van der Waals surface area contributed by atoms with Gasteiger partial charge >= 0.3 is 5.97 Å². The summed E-state index contributed by atoms with van der Waals surface area (Å²) in [4.78, 5) is 28.9. The van der Waals surface area contributed by atoms with E-state index in [2.05, 4.69) is 14.7 Å². The number of isocyanates is 1. The molecule has 1 heterocycles. The van der Waals surface area contributed by atoms with Gasteiger partial charge in [0.2, 0.25) is 12.0 Å². The fourth-order valence-corrected chi connectivity index (χ4v) is 1.47. The van der Waals surface area contributed by atoms with Crippen molar-refractivity contribution in [3.05, 3.63) is 48.2 Å². The van der Waals surface area contributed by atoms with Gasteiger partial charge in [0.15, 0.2) is 0 Å². The molecular formula is C14H10N2O4. The molecule has 0 aliphatic carbocycles. The van der Waals surface area contributed by atoms with E-state index in [9.17, 15) is 9.59 Å². The highest BCUT2D eigenvalue weighted by molar-refractivity contribution is 5.89. The quantitative estimate of drug-likeness (QED) is 0.485. The molecule has 0 fully saturated rings. The molecule has 0 amide bonds. The molecule has 2 aromatic rings.